The molecule has 0 fully saturated rings. The zero-order valence-corrected chi connectivity index (χ0v) is 15.9. The summed E-state index contributed by atoms with van der Waals surface area (Å²) >= 11 is 0. The number of nitrogens with two attached hydrogens (primary N) is 1. The number of carbonyl (C=O) groups excluding carboxylic acids is 3. The molecule has 1 aliphatic rings. The standard InChI is InChI=1S/C17H21N3O6S/c1-17(2,3)26-16(23)19-12(15(18)22)8-10-4-6-11(7-5-10)13-9-14(21)20-27(13,24)25/h4-7,9,12H,8H2,1-3H3,(H2,18,22)(H,19,23)(H,20,21)/t12-/m0/s1. The van der Waals surface area contributed by atoms with Crippen molar-refractivity contribution in [2.75, 3.05) is 0 Å². The van der Waals surface area contributed by atoms with Crippen LogP contribution in [0.3, 0.4) is 0 Å². The highest BCUT2D eigenvalue weighted by molar-refractivity contribution is 7.99. The molecule has 0 aromatic heterocycles. The van der Waals surface area contributed by atoms with Crippen LogP contribution >= 0.6 is 0 Å². The van der Waals surface area contributed by atoms with Crippen LogP contribution in [0.4, 0.5) is 4.79 Å². The molecule has 1 atom stereocenters. The fraction of sp³-hybridized carbons (Fsp3) is 0.353. The minimum absolute atomic E-state index is 0.0951. The first-order valence-electron chi connectivity index (χ1n) is 8.04. The number of ether oxygens (including phenoxy) is 1. The number of amides is 3. The van der Waals surface area contributed by atoms with Gasteiger partial charge in [0.15, 0.2) is 0 Å². The Morgan fingerprint density at radius 1 is 1.22 bits per heavy atom. The van der Waals surface area contributed by atoms with Crippen molar-refractivity contribution < 1.29 is 27.5 Å². The Balaban J connectivity index is 2.12. The lowest BCUT2D eigenvalue weighted by molar-refractivity contribution is -0.120. The molecule has 1 aromatic carbocycles. The highest BCUT2D eigenvalue weighted by atomic mass is 32.2. The number of primary amides is 1. The summed E-state index contributed by atoms with van der Waals surface area (Å²) in [5, 5.41) is 2.41. The third-order valence-corrected chi connectivity index (χ3v) is 4.90. The number of rotatable bonds is 5. The Bertz CT molecular complexity index is 898. The van der Waals surface area contributed by atoms with Gasteiger partial charge in [-0.25, -0.2) is 17.9 Å². The first kappa shape index (κ1) is 20.4. The molecule has 1 aromatic rings. The van der Waals surface area contributed by atoms with Gasteiger partial charge in [0.1, 0.15) is 16.5 Å². The van der Waals surface area contributed by atoms with Gasteiger partial charge in [-0.15, -0.1) is 0 Å². The van der Waals surface area contributed by atoms with Crippen molar-refractivity contribution in [2.24, 2.45) is 5.73 Å². The molecule has 146 valence electrons. The number of nitrogens with one attached hydrogen (secondary N) is 2. The molecule has 4 N–H and O–H groups in total. The molecule has 0 saturated heterocycles. The normalized spacial score (nSPS) is 16.9. The molecule has 1 heterocycles. The summed E-state index contributed by atoms with van der Waals surface area (Å²) in [7, 11) is -3.86. The van der Waals surface area contributed by atoms with Gasteiger partial charge in [-0.05, 0) is 31.9 Å². The lowest BCUT2D eigenvalue weighted by Crippen LogP contribution is -2.47. The number of hydrogen-bond donors (Lipinski definition) is 3. The molecule has 9 nitrogen and oxygen atoms in total. The molecule has 0 bridgehead atoms. The molecule has 27 heavy (non-hydrogen) atoms. The van der Waals surface area contributed by atoms with E-state index in [4.69, 9.17) is 10.5 Å². The SMILES string of the molecule is CC(C)(C)OC(=O)N[C@@H](Cc1ccc(C2=CC(=O)NS2(=O)=O)cc1)C(N)=O. The summed E-state index contributed by atoms with van der Waals surface area (Å²) in [6.07, 6.45) is 0.327. The number of benzene rings is 1. The summed E-state index contributed by atoms with van der Waals surface area (Å²) in [5.41, 5.74) is 5.57. The number of carbonyl (C=O) groups is 3. The second-order valence-corrected chi connectivity index (χ2v) is 8.63. The lowest BCUT2D eigenvalue weighted by atomic mass is 10.0. The Morgan fingerprint density at radius 3 is 2.26 bits per heavy atom. The van der Waals surface area contributed by atoms with E-state index in [1.165, 1.54) is 12.1 Å². The second kappa shape index (κ2) is 7.39. The average Bonchev–Trinajstić information content (AvgIpc) is 2.78. The maximum atomic E-state index is 11.8. The van der Waals surface area contributed by atoms with Crippen molar-refractivity contribution in [3.8, 4) is 0 Å². The molecular formula is C17H21N3O6S. The van der Waals surface area contributed by atoms with Crippen LogP contribution in [0.1, 0.15) is 31.9 Å². The van der Waals surface area contributed by atoms with Crippen LogP contribution in [0.5, 0.6) is 0 Å². The summed E-state index contributed by atoms with van der Waals surface area (Å²) < 4.78 is 30.6. The second-order valence-electron chi connectivity index (χ2n) is 6.98. The van der Waals surface area contributed by atoms with Crippen molar-refractivity contribution in [1.29, 1.82) is 0 Å². The van der Waals surface area contributed by atoms with Gasteiger partial charge >= 0.3 is 6.09 Å². The summed E-state index contributed by atoms with van der Waals surface area (Å²) in [6.45, 7) is 5.07. The van der Waals surface area contributed by atoms with Gasteiger partial charge in [-0.1, -0.05) is 24.3 Å². The number of hydrogen-bond acceptors (Lipinski definition) is 6. The van der Waals surface area contributed by atoms with Gasteiger partial charge in [-0.2, -0.15) is 0 Å². The third-order valence-electron chi connectivity index (χ3n) is 3.50. The first-order chi connectivity index (χ1) is 12.4. The van der Waals surface area contributed by atoms with E-state index in [1.807, 2.05) is 4.72 Å². The zero-order chi connectivity index (χ0) is 20.4. The predicted molar refractivity (Wildman–Crippen MR) is 97.5 cm³/mol. The van der Waals surface area contributed by atoms with Gasteiger partial charge in [0.2, 0.25) is 5.91 Å². The molecule has 2 rings (SSSR count). The monoisotopic (exact) mass is 395 g/mol. The van der Waals surface area contributed by atoms with Gasteiger partial charge in [0.25, 0.3) is 15.9 Å². The molecule has 0 saturated carbocycles. The maximum absolute atomic E-state index is 11.8. The van der Waals surface area contributed by atoms with Crippen molar-refractivity contribution in [2.45, 2.75) is 38.8 Å². The minimum Gasteiger partial charge on any atom is -0.444 e. The van der Waals surface area contributed by atoms with E-state index in [-0.39, 0.29) is 11.3 Å². The molecule has 1 aliphatic heterocycles. The largest absolute Gasteiger partial charge is 0.444 e. The molecule has 10 heteroatoms. The average molecular weight is 395 g/mol. The Hall–Kier alpha value is -2.88. The summed E-state index contributed by atoms with van der Waals surface area (Å²) in [4.78, 5) is 34.6. The Kier molecular flexibility index (Phi) is 5.59. The van der Waals surface area contributed by atoms with Crippen LogP contribution in [0, 0.1) is 0 Å². The molecule has 0 spiro atoms. The highest BCUT2D eigenvalue weighted by Gasteiger charge is 2.29. The van der Waals surface area contributed by atoms with Crippen molar-refractivity contribution >= 4 is 32.8 Å². The first-order valence-corrected chi connectivity index (χ1v) is 9.52. The fourth-order valence-corrected chi connectivity index (χ4v) is 3.51. The molecule has 0 unspecified atom stereocenters. The van der Waals surface area contributed by atoms with E-state index in [2.05, 4.69) is 5.32 Å². The van der Waals surface area contributed by atoms with E-state index < -0.39 is 39.6 Å². The van der Waals surface area contributed by atoms with Crippen molar-refractivity contribution in [1.82, 2.24) is 10.0 Å². The van der Waals surface area contributed by atoms with Crippen LogP contribution in [0.15, 0.2) is 30.3 Å². The van der Waals surface area contributed by atoms with E-state index in [9.17, 15) is 22.8 Å². The molecular weight excluding hydrogens is 374 g/mol. The van der Waals surface area contributed by atoms with Gasteiger partial charge < -0.3 is 15.8 Å². The molecule has 3 amide bonds. The highest BCUT2D eigenvalue weighted by Crippen LogP contribution is 2.24. The quantitative estimate of drug-likeness (QED) is 0.658. The molecule has 0 aliphatic carbocycles. The predicted octanol–water partition coefficient (Wildman–Crippen LogP) is 0.408. The zero-order valence-electron chi connectivity index (χ0n) is 15.1. The van der Waals surface area contributed by atoms with Crippen LogP contribution in [0.2, 0.25) is 0 Å². The smallest absolute Gasteiger partial charge is 0.408 e. The van der Waals surface area contributed by atoms with Gasteiger partial charge in [0, 0.05) is 12.5 Å². The Morgan fingerprint density at radius 2 is 1.81 bits per heavy atom. The Labute approximate surface area is 157 Å². The van der Waals surface area contributed by atoms with Crippen LogP contribution < -0.4 is 15.8 Å². The van der Waals surface area contributed by atoms with Crippen molar-refractivity contribution in [3.63, 3.8) is 0 Å². The number of alkyl carbamates (subject to hydrolysis) is 1. The molecule has 0 radical (unpaired) electrons. The van der Waals surface area contributed by atoms with Gasteiger partial charge in [0.05, 0.1) is 0 Å². The fourth-order valence-electron chi connectivity index (χ4n) is 2.37. The van der Waals surface area contributed by atoms with Crippen LogP contribution in [-0.4, -0.2) is 38.0 Å². The topological polar surface area (TPSA) is 145 Å². The van der Waals surface area contributed by atoms with E-state index in [0.29, 0.717) is 11.1 Å². The summed E-state index contributed by atoms with van der Waals surface area (Å²) in [5.74, 6) is -1.44. The van der Waals surface area contributed by atoms with Crippen molar-refractivity contribution in [3.05, 3.63) is 41.5 Å². The van der Waals surface area contributed by atoms with Gasteiger partial charge in [-0.3, -0.25) is 9.59 Å². The minimum atomic E-state index is -3.86. The van der Waals surface area contributed by atoms with E-state index in [1.54, 1.807) is 32.9 Å². The maximum Gasteiger partial charge on any atom is 0.408 e. The van der Waals surface area contributed by atoms with E-state index >= 15 is 0 Å². The van der Waals surface area contributed by atoms with Crippen LogP contribution in [-0.2, 0) is 30.8 Å². The van der Waals surface area contributed by atoms with Crippen LogP contribution in [0.25, 0.3) is 4.91 Å². The lowest BCUT2D eigenvalue weighted by Gasteiger charge is -2.22. The van der Waals surface area contributed by atoms with E-state index in [0.717, 1.165) is 6.08 Å². The summed E-state index contributed by atoms with van der Waals surface area (Å²) in [6, 6.07) is 5.18. The number of sulfonamides is 1. The third kappa shape index (κ3) is 5.55.